The Balaban J connectivity index is 1.68. The number of hydrogen-bond acceptors (Lipinski definition) is 4. The van der Waals surface area contributed by atoms with E-state index in [9.17, 15) is 9.00 Å². The molecular formula is C16H21N3O3S. The maximum Gasteiger partial charge on any atom is 0.410 e. The van der Waals surface area contributed by atoms with Crippen molar-refractivity contribution in [3.05, 3.63) is 24.3 Å². The van der Waals surface area contributed by atoms with Crippen molar-refractivity contribution >= 4 is 27.9 Å². The molecule has 0 bridgehead atoms. The number of aromatic nitrogens is 2. The van der Waals surface area contributed by atoms with E-state index < -0.39 is 16.4 Å². The lowest BCUT2D eigenvalue weighted by molar-refractivity contribution is 0.0295. The van der Waals surface area contributed by atoms with Gasteiger partial charge >= 0.3 is 6.09 Å². The number of amides is 1. The average molecular weight is 335 g/mol. The number of benzene rings is 1. The van der Waals surface area contributed by atoms with Crippen LogP contribution in [-0.4, -0.2) is 49.1 Å². The molecule has 23 heavy (non-hydrogen) atoms. The van der Waals surface area contributed by atoms with Crippen molar-refractivity contribution in [2.24, 2.45) is 0 Å². The molecule has 1 fully saturated rings. The maximum atomic E-state index is 12.7. The van der Waals surface area contributed by atoms with Crippen LogP contribution in [0.3, 0.4) is 0 Å². The van der Waals surface area contributed by atoms with Gasteiger partial charge in [-0.1, -0.05) is 12.1 Å². The summed E-state index contributed by atoms with van der Waals surface area (Å²) in [5, 5.41) is 0.352. The van der Waals surface area contributed by atoms with Crippen LogP contribution in [0.2, 0.25) is 0 Å². The summed E-state index contributed by atoms with van der Waals surface area (Å²) < 4.78 is 18.1. The van der Waals surface area contributed by atoms with Crippen LogP contribution >= 0.6 is 0 Å². The summed E-state index contributed by atoms with van der Waals surface area (Å²) in [4.78, 5) is 21.2. The second kappa shape index (κ2) is 5.96. The Kier molecular flexibility index (Phi) is 4.14. The summed E-state index contributed by atoms with van der Waals surface area (Å²) in [5.74, 6) is 0. The van der Waals surface area contributed by atoms with Gasteiger partial charge in [0, 0.05) is 13.1 Å². The van der Waals surface area contributed by atoms with Gasteiger partial charge in [-0.3, -0.25) is 4.21 Å². The molecule has 1 unspecified atom stereocenters. The molecule has 3 rings (SSSR count). The number of hydrogen-bond donors (Lipinski definition) is 1. The normalized spacial score (nSPS) is 20.0. The smallest absolute Gasteiger partial charge is 0.410 e. The van der Waals surface area contributed by atoms with Gasteiger partial charge in [-0.05, 0) is 39.3 Å². The van der Waals surface area contributed by atoms with Crippen LogP contribution in [0.25, 0.3) is 11.0 Å². The van der Waals surface area contributed by atoms with E-state index in [1.54, 1.807) is 4.90 Å². The summed E-state index contributed by atoms with van der Waals surface area (Å²) in [6.45, 7) is 6.51. The van der Waals surface area contributed by atoms with Crippen molar-refractivity contribution in [1.82, 2.24) is 14.9 Å². The second-order valence-electron chi connectivity index (χ2n) is 6.69. The standard InChI is InChI=1S/C16H21N3O3S/c1-16(2,3)22-15(20)19-9-8-11(10-19)23(21)14-17-12-6-4-5-7-13(12)18-14/h4-7,11H,8-10H2,1-3H3,(H,17,18)/t11-,23?/m0/s1. The van der Waals surface area contributed by atoms with Crippen molar-refractivity contribution < 1.29 is 13.7 Å². The highest BCUT2D eigenvalue weighted by atomic mass is 32.2. The van der Waals surface area contributed by atoms with Gasteiger partial charge in [0.15, 0.2) is 5.16 Å². The zero-order valence-corrected chi connectivity index (χ0v) is 14.4. The molecule has 124 valence electrons. The van der Waals surface area contributed by atoms with E-state index in [-0.39, 0.29) is 11.3 Å². The lowest BCUT2D eigenvalue weighted by atomic mass is 10.2. The topological polar surface area (TPSA) is 75.3 Å². The zero-order chi connectivity index (χ0) is 16.6. The van der Waals surface area contributed by atoms with Crippen LogP contribution in [0.5, 0.6) is 0 Å². The third kappa shape index (κ3) is 3.55. The monoisotopic (exact) mass is 335 g/mol. The van der Waals surface area contributed by atoms with Crippen molar-refractivity contribution in [3.63, 3.8) is 0 Å². The van der Waals surface area contributed by atoms with E-state index >= 15 is 0 Å². The number of carbonyl (C=O) groups excluding carboxylic acids is 1. The average Bonchev–Trinajstić information content (AvgIpc) is 3.11. The quantitative estimate of drug-likeness (QED) is 0.915. The van der Waals surface area contributed by atoms with Crippen LogP contribution in [0.15, 0.2) is 29.4 Å². The molecule has 6 nitrogen and oxygen atoms in total. The van der Waals surface area contributed by atoms with Crippen LogP contribution in [0, 0.1) is 0 Å². The van der Waals surface area contributed by atoms with E-state index in [4.69, 9.17) is 4.74 Å². The van der Waals surface area contributed by atoms with Gasteiger partial charge in [-0.25, -0.2) is 9.78 Å². The molecule has 0 aliphatic carbocycles. The molecule has 7 heteroatoms. The molecule has 0 saturated carbocycles. The number of fused-ring (bicyclic) bond motifs is 1. The Hall–Kier alpha value is -1.89. The number of ether oxygens (including phenoxy) is 1. The number of carbonyl (C=O) groups is 1. The van der Waals surface area contributed by atoms with E-state index in [1.165, 1.54) is 0 Å². The van der Waals surface area contributed by atoms with Gasteiger partial charge in [-0.2, -0.15) is 0 Å². The van der Waals surface area contributed by atoms with E-state index in [2.05, 4.69) is 9.97 Å². The highest BCUT2D eigenvalue weighted by Crippen LogP contribution is 2.22. The summed E-state index contributed by atoms with van der Waals surface area (Å²) in [6, 6.07) is 7.60. The Bertz CT molecular complexity index is 717. The summed E-state index contributed by atoms with van der Waals surface area (Å²) in [5.41, 5.74) is 1.16. The molecule has 2 heterocycles. The van der Waals surface area contributed by atoms with Crippen molar-refractivity contribution in [2.75, 3.05) is 13.1 Å². The predicted octanol–water partition coefficient (Wildman–Crippen LogP) is 2.68. The van der Waals surface area contributed by atoms with E-state index in [0.29, 0.717) is 24.7 Å². The summed E-state index contributed by atoms with van der Waals surface area (Å²) in [6.07, 6.45) is 0.338. The van der Waals surface area contributed by atoms with Crippen LogP contribution in [0.4, 0.5) is 4.79 Å². The molecule has 1 saturated heterocycles. The minimum Gasteiger partial charge on any atom is -0.444 e. The Labute approximate surface area is 137 Å². The molecule has 1 aliphatic heterocycles. The van der Waals surface area contributed by atoms with E-state index in [1.807, 2.05) is 45.0 Å². The Morgan fingerprint density at radius 1 is 1.39 bits per heavy atom. The van der Waals surface area contributed by atoms with Crippen LogP contribution < -0.4 is 0 Å². The number of aromatic amines is 1. The first kappa shape index (κ1) is 16.0. The molecule has 1 amide bonds. The first-order valence-corrected chi connectivity index (χ1v) is 8.88. The number of para-hydroxylation sites is 2. The lowest BCUT2D eigenvalue weighted by Crippen LogP contribution is -2.36. The SMILES string of the molecule is CC(C)(C)OC(=O)N1CC[C@H](S(=O)c2nc3ccccc3[nH]2)C1. The molecule has 1 aliphatic rings. The van der Waals surface area contributed by atoms with Crippen LogP contribution in [0.1, 0.15) is 27.2 Å². The van der Waals surface area contributed by atoms with Crippen molar-refractivity contribution in [3.8, 4) is 0 Å². The van der Waals surface area contributed by atoms with Crippen molar-refractivity contribution in [2.45, 2.75) is 43.2 Å². The molecule has 1 N–H and O–H groups in total. The molecule has 0 spiro atoms. The first-order valence-electron chi connectivity index (χ1n) is 7.67. The fourth-order valence-electron chi connectivity index (χ4n) is 2.58. The minimum absolute atomic E-state index is 0.122. The molecule has 2 aromatic rings. The number of nitrogens with one attached hydrogen (secondary N) is 1. The number of nitrogens with zero attached hydrogens (tertiary/aromatic N) is 2. The predicted molar refractivity (Wildman–Crippen MR) is 88.7 cm³/mol. The third-order valence-corrected chi connectivity index (χ3v) is 5.22. The third-order valence-electron chi connectivity index (χ3n) is 3.66. The van der Waals surface area contributed by atoms with Gasteiger partial charge < -0.3 is 14.6 Å². The highest BCUT2D eigenvalue weighted by Gasteiger charge is 2.34. The first-order chi connectivity index (χ1) is 10.8. The highest BCUT2D eigenvalue weighted by molar-refractivity contribution is 7.85. The molecule has 1 aromatic heterocycles. The Morgan fingerprint density at radius 2 is 2.13 bits per heavy atom. The molecular weight excluding hydrogens is 314 g/mol. The number of likely N-dealkylation sites (tertiary alicyclic amines) is 1. The minimum atomic E-state index is -1.27. The van der Waals surface area contributed by atoms with Gasteiger partial charge in [0.2, 0.25) is 0 Å². The molecule has 1 aromatic carbocycles. The van der Waals surface area contributed by atoms with Crippen molar-refractivity contribution in [1.29, 1.82) is 0 Å². The number of imidazole rings is 1. The van der Waals surface area contributed by atoms with Gasteiger partial charge in [0.1, 0.15) is 5.60 Å². The maximum absolute atomic E-state index is 12.7. The summed E-state index contributed by atoms with van der Waals surface area (Å²) in [7, 11) is -1.27. The zero-order valence-electron chi connectivity index (χ0n) is 13.5. The lowest BCUT2D eigenvalue weighted by Gasteiger charge is -2.24. The largest absolute Gasteiger partial charge is 0.444 e. The summed E-state index contributed by atoms with van der Waals surface area (Å²) >= 11 is 0. The van der Waals surface area contributed by atoms with Gasteiger partial charge in [0.25, 0.3) is 0 Å². The number of H-pyrrole nitrogens is 1. The molecule has 2 atom stereocenters. The Morgan fingerprint density at radius 3 is 2.83 bits per heavy atom. The fraction of sp³-hybridized carbons (Fsp3) is 0.500. The number of rotatable bonds is 2. The van der Waals surface area contributed by atoms with Gasteiger partial charge in [0.05, 0.1) is 27.1 Å². The van der Waals surface area contributed by atoms with Gasteiger partial charge in [-0.15, -0.1) is 0 Å². The molecule has 0 radical (unpaired) electrons. The van der Waals surface area contributed by atoms with E-state index in [0.717, 1.165) is 11.0 Å². The fourth-order valence-corrected chi connectivity index (χ4v) is 3.93. The second-order valence-corrected chi connectivity index (χ2v) is 8.34. The van der Waals surface area contributed by atoms with Crippen LogP contribution in [-0.2, 0) is 15.5 Å².